The van der Waals surface area contributed by atoms with E-state index in [4.69, 9.17) is 29.9 Å². The molecule has 0 aliphatic rings. The van der Waals surface area contributed by atoms with Gasteiger partial charge >= 0.3 is 0 Å². The zero-order valence-corrected chi connectivity index (χ0v) is 15.8. The van der Waals surface area contributed by atoms with Gasteiger partial charge in [-0.1, -0.05) is 17.7 Å². The summed E-state index contributed by atoms with van der Waals surface area (Å²) < 4.78 is 22.0. The quantitative estimate of drug-likeness (QED) is 0.598. The van der Waals surface area contributed by atoms with Crippen molar-refractivity contribution < 1.29 is 18.3 Å². The first-order chi connectivity index (χ1) is 12.5. The van der Waals surface area contributed by atoms with Crippen molar-refractivity contribution in [3.63, 3.8) is 0 Å². The van der Waals surface area contributed by atoms with Crippen LogP contribution in [0.5, 0.6) is 11.5 Å². The van der Waals surface area contributed by atoms with Crippen LogP contribution in [0.4, 0.5) is 0 Å². The maximum absolute atomic E-state index is 6.36. The molecule has 0 bridgehead atoms. The largest absolute Gasteiger partial charge is 0.493 e. The van der Waals surface area contributed by atoms with E-state index in [1.807, 2.05) is 45.0 Å². The number of hydrogen-bond donors (Lipinski definition) is 0. The number of benzene rings is 1. The Morgan fingerprint density at radius 1 is 1.15 bits per heavy atom. The molecule has 0 saturated carbocycles. The minimum absolute atomic E-state index is 0.230. The van der Waals surface area contributed by atoms with Gasteiger partial charge in [0.25, 0.3) is 11.8 Å². The van der Waals surface area contributed by atoms with Crippen LogP contribution < -0.4 is 9.47 Å². The molecule has 0 amide bonds. The zero-order chi connectivity index (χ0) is 18.7. The molecule has 3 rings (SSSR count). The first-order valence-corrected chi connectivity index (χ1v) is 8.49. The van der Waals surface area contributed by atoms with Gasteiger partial charge in [-0.3, -0.25) is 0 Å². The van der Waals surface area contributed by atoms with Crippen LogP contribution in [-0.2, 0) is 0 Å². The average Bonchev–Trinajstić information content (AvgIpc) is 3.22. The third-order valence-corrected chi connectivity index (χ3v) is 3.95. The highest BCUT2D eigenvalue weighted by Gasteiger charge is 2.16. The van der Waals surface area contributed by atoms with E-state index in [0.29, 0.717) is 34.8 Å². The lowest BCUT2D eigenvalue weighted by Gasteiger charge is -2.09. The van der Waals surface area contributed by atoms with E-state index >= 15 is 0 Å². The van der Waals surface area contributed by atoms with Crippen molar-refractivity contribution in [2.24, 2.45) is 0 Å². The highest BCUT2D eigenvalue weighted by atomic mass is 35.5. The molecule has 0 radical (unpaired) electrons. The first kappa shape index (κ1) is 18.1. The van der Waals surface area contributed by atoms with Gasteiger partial charge in [0.2, 0.25) is 0 Å². The summed E-state index contributed by atoms with van der Waals surface area (Å²) >= 11 is 6.36. The normalized spacial score (nSPS) is 11.7. The Balaban J connectivity index is 1.88. The first-order valence-electron chi connectivity index (χ1n) is 8.11. The number of furan rings is 1. The van der Waals surface area contributed by atoms with Crippen LogP contribution in [-0.4, -0.2) is 23.9 Å². The zero-order valence-electron chi connectivity index (χ0n) is 15.0. The summed E-state index contributed by atoms with van der Waals surface area (Å²) in [4.78, 5) is 0. The van der Waals surface area contributed by atoms with Crippen molar-refractivity contribution in [3.8, 4) is 23.0 Å². The number of ether oxygens (including phenoxy) is 2. The van der Waals surface area contributed by atoms with Crippen molar-refractivity contribution in [2.75, 3.05) is 13.7 Å². The molecule has 0 fully saturated rings. The Morgan fingerprint density at radius 2 is 1.96 bits per heavy atom. The minimum atomic E-state index is 0.230. The van der Waals surface area contributed by atoms with Crippen LogP contribution in [0.15, 0.2) is 33.1 Å². The molecule has 7 heteroatoms. The number of aromatic nitrogens is 2. The number of aryl methyl sites for hydroxylation is 2. The third kappa shape index (κ3) is 3.75. The molecule has 0 saturated heterocycles. The van der Waals surface area contributed by atoms with Gasteiger partial charge in [-0.25, -0.2) is 0 Å². The predicted molar refractivity (Wildman–Crippen MR) is 99.4 cm³/mol. The van der Waals surface area contributed by atoms with Crippen LogP contribution in [0.2, 0.25) is 0 Å². The molecule has 0 aliphatic carbocycles. The molecule has 0 spiro atoms. The summed E-state index contributed by atoms with van der Waals surface area (Å²) in [6.45, 7) is 6.15. The average molecular weight is 375 g/mol. The van der Waals surface area contributed by atoms with Crippen LogP contribution >= 0.6 is 11.6 Å². The van der Waals surface area contributed by atoms with Gasteiger partial charge in [-0.05, 0) is 50.6 Å². The van der Waals surface area contributed by atoms with E-state index in [9.17, 15) is 0 Å². The molecular weight excluding hydrogens is 356 g/mol. The number of methoxy groups -OCH3 is 1. The Bertz CT molecular complexity index is 943. The van der Waals surface area contributed by atoms with Crippen molar-refractivity contribution in [1.82, 2.24) is 10.2 Å². The molecule has 6 nitrogen and oxygen atoms in total. The van der Waals surface area contributed by atoms with Gasteiger partial charge in [0.1, 0.15) is 16.6 Å². The van der Waals surface area contributed by atoms with Gasteiger partial charge in [0.05, 0.1) is 19.3 Å². The monoisotopic (exact) mass is 374 g/mol. The number of rotatable bonds is 6. The highest BCUT2D eigenvalue weighted by molar-refractivity contribution is 6.50. The second kappa shape index (κ2) is 7.66. The molecule has 26 heavy (non-hydrogen) atoms. The maximum Gasteiger partial charge on any atom is 0.259 e. The molecule has 2 aromatic heterocycles. The van der Waals surface area contributed by atoms with E-state index < -0.39 is 0 Å². The Kier molecular flexibility index (Phi) is 5.32. The second-order valence-corrected chi connectivity index (χ2v) is 5.98. The maximum atomic E-state index is 6.36. The Morgan fingerprint density at radius 3 is 2.62 bits per heavy atom. The topological polar surface area (TPSA) is 70.5 Å². The molecule has 0 unspecified atom stereocenters. The van der Waals surface area contributed by atoms with Gasteiger partial charge in [0, 0.05) is 0 Å². The fourth-order valence-corrected chi connectivity index (χ4v) is 2.73. The predicted octanol–water partition coefficient (Wildman–Crippen LogP) is 5.09. The molecule has 0 N–H and O–H groups in total. The smallest absolute Gasteiger partial charge is 0.259 e. The van der Waals surface area contributed by atoms with Crippen LogP contribution in [0, 0.1) is 13.8 Å². The van der Waals surface area contributed by atoms with E-state index in [1.165, 1.54) is 0 Å². The Labute approximate surface area is 156 Å². The summed E-state index contributed by atoms with van der Waals surface area (Å²) in [5, 5.41) is 8.40. The van der Waals surface area contributed by atoms with Crippen molar-refractivity contribution in [3.05, 3.63) is 47.2 Å². The summed E-state index contributed by atoms with van der Waals surface area (Å²) in [6.07, 6.45) is 1.73. The van der Waals surface area contributed by atoms with Gasteiger partial charge in [-0.15, -0.1) is 10.2 Å². The molecule has 3 aromatic rings. The fourth-order valence-electron chi connectivity index (χ4n) is 2.53. The molecule has 136 valence electrons. The second-order valence-electron chi connectivity index (χ2n) is 5.57. The van der Waals surface area contributed by atoms with E-state index in [2.05, 4.69) is 10.2 Å². The lowest BCUT2D eigenvalue weighted by atomic mass is 10.2. The minimum Gasteiger partial charge on any atom is -0.493 e. The van der Waals surface area contributed by atoms with E-state index in [0.717, 1.165) is 16.9 Å². The van der Waals surface area contributed by atoms with Gasteiger partial charge < -0.3 is 18.3 Å². The van der Waals surface area contributed by atoms with Crippen molar-refractivity contribution in [1.29, 1.82) is 0 Å². The lowest BCUT2D eigenvalue weighted by molar-refractivity contribution is 0.311. The summed E-state index contributed by atoms with van der Waals surface area (Å²) in [5.41, 5.74) is 1.59. The standard InChI is InChI=1S/C19H19ClN2O4/c1-5-24-17-10-13(6-7-16(17)23-4)9-15(20)19-22-21-18(26-19)14-8-11(2)25-12(14)3/h6-10H,5H2,1-4H3/b15-9-. The van der Waals surface area contributed by atoms with E-state index in [1.54, 1.807) is 13.2 Å². The van der Waals surface area contributed by atoms with Gasteiger partial charge in [-0.2, -0.15) is 0 Å². The third-order valence-electron chi connectivity index (χ3n) is 3.68. The van der Waals surface area contributed by atoms with Crippen LogP contribution in [0.3, 0.4) is 0 Å². The number of hydrogen-bond acceptors (Lipinski definition) is 6. The van der Waals surface area contributed by atoms with Crippen LogP contribution in [0.1, 0.15) is 29.9 Å². The SMILES string of the molecule is CCOc1cc(/C=C(\Cl)c2nnc(-c3cc(C)oc3C)o2)ccc1OC. The number of nitrogens with zero attached hydrogens (tertiary/aromatic N) is 2. The Hall–Kier alpha value is -2.73. The molecule has 0 atom stereocenters. The summed E-state index contributed by atoms with van der Waals surface area (Å²) in [7, 11) is 1.60. The number of halogens is 1. The summed E-state index contributed by atoms with van der Waals surface area (Å²) in [5.74, 6) is 3.39. The molecule has 2 heterocycles. The lowest BCUT2D eigenvalue weighted by Crippen LogP contribution is -1.95. The van der Waals surface area contributed by atoms with E-state index in [-0.39, 0.29) is 5.89 Å². The summed E-state index contributed by atoms with van der Waals surface area (Å²) in [6, 6.07) is 7.37. The van der Waals surface area contributed by atoms with Crippen molar-refractivity contribution >= 4 is 22.7 Å². The fraction of sp³-hybridized carbons (Fsp3) is 0.263. The molecule has 0 aliphatic heterocycles. The van der Waals surface area contributed by atoms with Crippen molar-refractivity contribution in [2.45, 2.75) is 20.8 Å². The molecule has 1 aromatic carbocycles. The van der Waals surface area contributed by atoms with Crippen LogP contribution in [0.25, 0.3) is 22.6 Å². The highest BCUT2D eigenvalue weighted by Crippen LogP contribution is 2.32. The molecular formula is C19H19ClN2O4. The van der Waals surface area contributed by atoms with Gasteiger partial charge in [0.15, 0.2) is 11.5 Å².